The highest BCUT2D eigenvalue weighted by molar-refractivity contribution is 5.77. The molecule has 0 fully saturated rings. The molecule has 0 aliphatic heterocycles. The summed E-state index contributed by atoms with van der Waals surface area (Å²) in [6, 6.07) is 3.80. The number of hydrogen-bond acceptors (Lipinski definition) is 4. The zero-order valence-electron chi connectivity index (χ0n) is 13.3. The lowest BCUT2D eigenvalue weighted by atomic mass is 10.1. The van der Waals surface area contributed by atoms with Crippen LogP contribution in [0, 0.1) is 6.92 Å². The number of unbranched alkanes of at least 4 members (excludes halogenated alkanes) is 1. The Balaban J connectivity index is 2.59. The summed E-state index contributed by atoms with van der Waals surface area (Å²) in [4.78, 5) is 16.1. The lowest BCUT2D eigenvalue weighted by Crippen LogP contribution is -2.30. The molecular formula is C16H27N3O2. The van der Waals surface area contributed by atoms with E-state index in [1.54, 1.807) is 0 Å². The Morgan fingerprint density at radius 1 is 1.43 bits per heavy atom. The van der Waals surface area contributed by atoms with Crippen molar-refractivity contribution < 1.29 is 9.53 Å². The number of carbonyl (C=O) groups excluding carboxylic acids is 1. The Hall–Kier alpha value is -1.62. The zero-order chi connectivity index (χ0) is 15.7. The average molecular weight is 293 g/mol. The predicted molar refractivity (Wildman–Crippen MR) is 84.4 cm³/mol. The molecule has 0 aromatic carbocycles. The summed E-state index contributed by atoms with van der Waals surface area (Å²) in [5.41, 5.74) is 7.73. The number of ether oxygens (including phenoxy) is 1. The van der Waals surface area contributed by atoms with Crippen LogP contribution in [0.25, 0.3) is 0 Å². The topological polar surface area (TPSA) is 77.2 Å². The first-order chi connectivity index (χ1) is 10.1. The lowest BCUT2D eigenvalue weighted by molar-refractivity contribution is -0.123. The third-order valence-electron chi connectivity index (χ3n) is 3.26. The van der Waals surface area contributed by atoms with Crippen molar-refractivity contribution >= 4 is 5.91 Å². The van der Waals surface area contributed by atoms with E-state index in [4.69, 9.17) is 10.5 Å². The van der Waals surface area contributed by atoms with Crippen LogP contribution in [0.4, 0.5) is 0 Å². The van der Waals surface area contributed by atoms with Gasteiger partial charge < -0.3 is 15.8 Å². The van der Waals surface area contributed by atoms with Gasteiger partial charge in [0.2, 0.25) is 0 Å². The summed E-state index contributed by atoms with van der Waals surface area (Å²) in [7, 11) is 0. The molecular weight excluding hydrogens is 266 g/mol. The van der Waals surface area contributed by atoms with Gasteiger partial charge in [-0.1, -0.05) is 20.3 Å². The Kier molecular flexibility index (Phi) is 7.75. The molecule has 5 heteroatoms. The van der Waals surface area contributed by atoms with Crippen molar-refractivity contribution in [1.82, 2.24) is 10.3 Å². The molecule has 0 saturated carbocycles. The van der Waals surface area contributed by atoms with Crippen LogP contribution in [-0.2, 0) is 11.2 Å². The molecule has 5 nitrogen and oxygen atoms in total. The monoisotopic (exact) mass is 293 g/mol. The van der Waals surface area contributed by atoms with Crippen molar-refractivity contribution in [1.29, 1.82) is 0 Å². The summed E-state index contributed by atoms with van der Waals surface area (Å²) in [6.45, 7) is 6.77. The fourth-order valence-electron chi connectivity index (χ4n) is 1.87. The van der Waals surface area contributed by atoms with E-state index in [1.165, 1.54) is 0 Å². The van der Waals surface area contributed by atoms with Crippen LogP contribution >= 0.6 is 0 Å². The standard InChI is InChI=1S/C16H27N3O2/c1-4-6-9-18-16(20)11-21-15-8-7-12(3)19-14(15)10-13(17)5-2/h7-8,13H,4-6,9-11,17H2,1-3H3,(H,18,20). The van der Waals surface area contributed by atoms with Crippen molar-refractivity contribution in [3.8, 4) is 5.75 Å². The van der Waals surface area contributed by atoms with Gasteiger partial charge in [0.15, 0.2) is 6.61 Å². The van der Waals surface area contributed by atoms with Crippen molar-refractivity contribution in [2.24, 2.45) is 5.73 Å². The molecule has 1 unspecified atom stereocenters. The largest absolute Gasteiger partial charge is 0.482 e. The maximum Gasteiger partial charge on any atom is 0.257 e. The molecule has 0 aliphatic carbocycles. The van der Waals surface area contributed by atoms with Crippen molar-refractivity contribution in [2.45, 2.75) is 52.5 Å². The van der Waals surface area contributed by atoms with Gasteiger partial charge in [-0.3, -0.25) is 9.78 Å². The van der Waals surface area contributed by atoms with Gasteiger partial charge in [0.05, 0.1) is 5.69 Å². The van der Waals surface area contributed by atoms with Crippen LogP contribution in [0.15, 0.2) is 12.1 Å². The van der Waals surface area contributed by atoms with E-state index in [9.17, 15) is 4.79 Å². The quantitative estimate of drug-likeness (QED) is 0.682. The van der Waals surface area contributed by atoms with Gasteiger partial charge >= 0.3 is 0 Å². The highest BCUT2D eigenvalue weighted by Gasteiger charge is 2.11. The second-order valence-electron chi connectivity index (χ2n) is 5.26. The number of rotatable bonds is 9. The lowest BCUT2D eigenvalue weighted by Gasteiger charge is -2.14. The molecule has 1 atom stereocenters. The molecule has 0 radical (unpaired) electrons. The van der Waals surface area contributed by atoms with Crippen LogP contribution in [0.3, 0.4) is 0 Å². The first-order valence-corrected chi connectivity index (χ1v) is 7.68. The highest BCUT2D eigenvalue weighted by atomic mass is 16.5. The van der Waals surface area contributed by atoms with E-state index in [0.29, 0.717) is 18.7 Å². The van der Waals surface area contributed by atoms with Gasteiger partial charge in [-0.15, -0.1) is 0 Å². The molecule has 0 spiro atoms. The van der Waals surface area contributed by atoms with Crippen LogP contribution in [-0.4, -0.2) is 30.1 Å². The van der Waals surface area contributed by atoms with E-state index >= 15 is 0 Å². The van der Waals surface area contributed by atoms with E-state index < -0.39 is 0 Å². The number of pyridine rings is 1. The van der Waals surface area contributed by atoms with Crippen molar-refractivity contribution in [3.63, 3.8) is 0 Å². The Morgan fingerprint density at radius 3 is 2.86 bits per heavy atom. The minimum atomic E-state index is -0.102. The maximum absolute atomic E-state index is 11.7. The molecule has 0 aliphatic rings. The van der Waals surface area contributed by atoms with Crippen LogP contribution in [0.5, 0.6) is 5.75 Å². The molecule has 118 valence electrons. The summed E-state index contributed by atoms with van der Waals surface area (Å²) in [5, 5.41) is 2.83. The molecule has 1 aromatic heterocycles. The van der Waals surface area contributed by atoms with Gasteiger partial charge in [0.1, 0.15) is 5.75 Å². The molecule has 3 N–H and O–H groups in total. The molecule has 21 heavy (non-hydrogen) atoms. The smallest absolute Gasteiger partial charge is 0.257 e. The normalized spacial score (nSPS) is 12.0. The first-order valence-electron chi connectivity index (χ1n) is 7.68. The number of aryl methyl sites for hydroxylation is 1. The Labute approximate surface area is 127 Å². The van der Waals surface area contributed by atoms with Crippen molar-refractivity contribution in [2.75, 3.05) is 13.2 Å². The SMILES string of the molecule is CCCCNC(=O)COc1ccc(C)nc1CC(N)CC. The first kappa shape index (κ1) is 17.4. The number of amides is 1. The van der Waals surface area contributed by atoms with Crippen LogP contribution < -0.4 is 15.8 Å². The third-order valence-corrected chi connectivity index (χ3v) is 3.26. The number of carbonyl (C=O) groups is 1. The highest BCUT2D eigenvalue weighted by Crippen LogP contribution is 2.18. The van der Waals surface area contributed by atoms with E-state index in [1.807, 2.05) is 26.0 Å². The summed E-state index contributed by atoms with van der Waals surface area (Å²) in [6.07, 6.45) is 3.58. The molecule has 1 heterocycles. The van der Waals surface area contributed by atoms with Crippen molar-refractivity contribution in [3.05, 3.63) is 23.5 Å². The van der Waals surface area contributed by atoms with Crippen LogP contribution in [0.1, 0.15) is 44.5 Å². The predicted octanol–water partition coefficient (Wildman–Crippen LogP) is 1.96. The molecule has 1 rings (SSSR count). The number of nitrogens with one attached hydrogen (secondary N) is 1. The maximum atomic E-state index is 11.7. The van der Waals surface area contributed by atoms with Gasteiger partial charge in [-0.2, -0.15) is 0 Å². The summed E-state index contributed by atoms with van der Waals surface area (Å²) in [5.74, 6) is 0.546. The Morgan fingerprint density at radius 2 is 2.19 bits per heavy atom. The fraction of sp³-hybridized carbons (Fsp3) is 0.625. The second-order valence-corrected chi connectivity index (χ2v) is 5.26. The molecule has 1 amide bonds. The van der Waals surface area contributed by atoms with Gasteiger partial charge in [0, 0.05) is 24.7 Å². The molecule has 0 bridgehead atoms. The van der Waals surface area contributed by atoms with Gasteiger partial charge in [0.25, 0.3) is 5.91 Å². The van der Waals surface area contributed by atoms with Gasteiger partial charge in [-0.05, 0) is 31.9 Å². The number of hydrogen-bond donors (Lipinski definition) is 2. The number of aromatic nitrogens is 1. The van der Waals surface area contributed by atoms with Gasteiger partial charge in [-0.25, -0.2) is 0 Å². The fourth-order valence-corrected chi connectivity index (χ4v) is 1.87. The van der Waals surface area contributed by atoms with E-state index in [2.05, 4.69) is 17.2 Å². The van der Waals surface area contributed by atoms with E-state index in [0.717, 1.165) is 30.7 Å². The minimum absolute atomic E-state index is 0.0167. The summed E-state index contributed by atoms with van der Waals surface area (Å²) >= 11 is 0. The second kappa shape index (κ2) is 9.34. The number of nitrogens with two attached hydrogens (primary N) is 1. The third kappa shape index (κ3) is 6.58. The Bertz CT molecular complexity index is 449. The number of nitrogens with zero attached hydrogens (tertiary/aromatic N) is 1. The molecule has 0 saturated heterocycles. The zero-order valence-corrected chi connectivity index (χ0v) is 13.3. The molecule has 1 aromatic rings. The minimum Gasteiger partial charge on any atom is -0.482 e. The summed E-state index contributed by atoms with van der Waals surface area (Å²) < 4.78 is 5.60. The van der Waals surface area contributed by atoms with E-state index in [-0.39, 0.29) is 18.6 Å². The average Bonchev–Trinajstić information content (AvgIpc) is 2.46. The van der Waals surface area contributed by atoms with Crippen LogP contribution in [0.2, 0.25) is 0 Å².